The van der Waals surface area contributed by atoms with Crippen LogP contribution >= 0.6 is 0 Å². The molecule has 1 radical (unpaired) electrons. The van der Waals surface area contributed by atoms with Gasteiger partial charge in [-0.25, -0.2) is 4.98 Å². The first kappa shape index (κ1) is 8.61. The van der Waals surface area contributed by atoms with E-state index in [-0.39, 0.29) is 11.7 Å². The number of ketones is 1. The zero-order chi connectivity index (χ0) is 9.97. The molecular weight excluding hydrogens is 184 g/mol. The molecule has 71 valence electrons. The molecule has 6 heteroatoms. The molecular formula is C8H7N4O2. The van der Waals surface area contributed by atoms with E-state index in [1.165, 1.54) is 24.2 Å². The Kier molecular flexibility index (Phi) is 2.10. The van der Waals surface area contributed by atoms with Crippen LogP contribution in [0.5, 0.6) is 0 Å². The summed E-state index contributed by atoms with van der Waals surface area (Å²) < 4.78 is 4.94. The van der Waals surface area contributed by atoms with Gasteiger partial charge >= 0.3 is 0 Å². The maximum Gasteiger partial charge on any atom is 0.263 e. The van der Waals surface area contributed by atoms with Gasteiger partial charge in [0, 0.05) is 6.92 Å². The Balaban J connectivity index is 2.14. The van der Waals surface area contributed by atoms with Crippen molar-refractivity contribution in [1.29, 1.82) is 0 Å². The summed E-state index contributed by atoms with van der Waals surface area (Å²) in [6.07, 6.45) is 5.42. The Bertz CT molecular complexity index is 432. The Hall–Kier alpha value is -1.98. The van der Waals surface area contributed by atoms with Crippen molar-refractivity contribution < 1.29 is 9.21 Å². The molecule has 0 N–H and O–H groups in total. The van der Waals surface area contributed by atoms with Gasteiger partial charge in [0.2, 0.25) is 5.78 Å². The van der Waals surface area contributed by atoms with Crippen molar-refractivity contribution in [2.24, 2.45) is 0 Å². The molecule has 0 bridgehead atoms. The summed E-state index contributed by atoms with van der Waals surface area (Å²) in [5, 5.41) is 7.63. The molecule has 0 saturated carbocycles. The Labute approximate surface area is 79.6 Å². The van der Waals surface area contributed by atoms with Crippen molar-refractivity contribution in [2.75, 3.05) is 0 Å². The third-order valence-electron chi connectivity index (χ3n) is 1.58. The maximum atomic E-state index is 10.9. The van der Waals surface area contributed by atoms with Crippen LogP contribution in [-0.2, 0) is 6.54 Å². The van der Waals surface area contributed by atoms with Gasteiger partial charge in [0.25, 0.3) is 5.89 Å². The molecule has 2 aromatic rings. The SMILES string of the molecule is CC(=O)c1nc(Cn2n[c]cn2)co1. The number of carbonyl (C=O) groups excluding carboxylic acids is 1. The van der Waals surface area contributed by atoms with E-state index in [2.05, 4.69) is 21.4 Å². The molecule has 0 aliphatic carbocycles. The first-order valence-electron chi connectivity index (χ1n) is 3.97. The number of nitrogens with zero attached hydrogens (tertiary/aromatic N) is 4. The molecule has 2 aromatic heterocycles. The zero-order valence-corrected chi connectivity index (χ0v) is 7.47. The number of oxazole rings is 1. The van der Waals surface area contributed by atoms with E-state index in [1.54, 1.807) is 0 Å². The average Bonchev–Trinajstić information content (AvgIpc) is 2.75. The van der Waals surface area contributed by atoms with Crippen LogP contribution in [0.4, 0.5) is 0 Å². The zero-order valence-electron chi connectivity index (χ0n) is 7.47. The van der Waals surface area contributed by atoms with Crippen LogP contribution in [-0.4, -0.2) is 25.8 Å². The average molecular weight is 191 g/mol. The molecule has 2 heterocycles. The first-order valence-corrected chi connectivity index (χ1v) is 3.97. The molecule has 0 aliphatic heterocycles. The smallest absolute Gasteiger partial charge is 0.263 e. The normalized spacial score (nSPS) is 10.4. The van der Waals surface area contributed by atoms with Gasteiger partial charge in [-0.1, -0.05) is 0 Å². The van der Waals surface area contributed by atoms with Crippen molar-refractivity contribution >= 4 is 5.78 Å². The number of carbonyl (C=O) groups is 1. The number of rotatable bonds is 3. The molecule has 0 unspecified atom stereocenters. The molecule has 0 spiro atoms. The largest absolute Gasteiger partial charge is 0.442 e. The highest BCUT2D eigenvalue weighted by molar-refractivity contribution is 5.89. The number of aromatic nitrogens is 4. The van der Waals surface area contributed by atoms with Crippen molar-refractivity contribution in [2.45, 2.75) is 13.5 Å². The highest BCUT2D eigenvalue weighted by Crippen LogP contribution is 2.03. The summed E-state index contributed by atoms with van der Waals surface area (Å²) >= 11 is 0. The minimum atomic E-state index is -0.198. The van der Waals surface area contributed by atoms with Gasteiger partial charge in [0.1, 0.15) is 24.7 Å². The summed E-state index contributed by atoms with van der Waals surface area (Å²) in [6.45, 7) is 1.77. The standard InChI is InChI=1S/C8H7N4O2/c1-6(13)8-11-7(5-14-8)4-12-9-2-3-10-12/h2,5H,4H2,1H3. The van der Waals surface area contributed by atoms with Crippen LogP contribution in [0.15, 0.2) is 16.9 Å². The highest BCUT2D eigenvalue weighted by atomic mass is 16.3. The van der Waals surface area contributed by atoms with E-state index in [4.69, 9.17) is 4.42 Å². The fourth-order valence-electron chi connectivity index (χ4n) is 0.973. The van der Waals surface area contributed by atoms with Crippen molar-refractivity contribution in [3.05, 3.63) is 30.2 Å². The summed E-state index contributed by atoms with van der Waals surface area (Å²) in [6, 6.07) is 0. The van der Waals surface area contributed by atoms with Crippen LogP contribution < -0.4 is 0 Å². The second-order valence-electron chi connectivity index (χ2n) is 2.70. The lowest BCUT2D eigenvalue weighted by Crippen LogP contribution is -2.04. The molecule has 0 aliphatic rings. The minimum absolute atomic E-state index is 0.108. The summed E-state index contributed by atoms with van der Waals surface area (Å²) in [5.74, 6) is -0.0904. The molecule has 14 heavy (non-hydrogen) atoms. The van der Waals surface area contributed by atoms with E-state index in [9.17, 15) is 4.79 Å². The van der Waals surface area contributed by atoms with E-state index >= 15 is 0 Å². The molecule has 0 aromatic carbocycles. The molecule has 0 amide bonds. The second kappa shape index (κ2) is 3.41. The van der Waals surface area contributed by atoms with Gasteiger partial charge in [-0.2, -0.15) is 15.0 Å². The van der Waals surface area contributed by atoms with E-state index in [0.717, 1.165) is 0 Å². The number of hydrogen-bond donors (Lipinski definition) is 0. The highest BCUT2D eigenvalue weighted by Gasteiger charge is 2.08. The minimum Gasteiger partial charge on any atom is -0.442 e. The molecule has 0 atom stereocenters. The predicted octanol–water partition coefficient (Wildman–Crippen LogP) is 0.317. The summed E-state index contributed by atoms with van der Waals surface area (Å²) in [7, 11) is 0. The summed E-state index contributed by atoms with van der Waals surface area (Å²) in [5.41, 5.74) is 0.611. The van der Waals surface area contributed by atoms with Gasteiger partial charge in [-0.05, 0) is 0 Å². The van der Waals surface area contributed by atoms with Gasteiger partial charge in [-0.15, -0.1) is 0 Å². The van der Waals surface area contributed by atoms with E-state index in [1.807, 2.05) is 0 Å². The molecule has 2 rings (SSSR count). The molecule has 6 nitrogen and oxygen atoms in total. The third-order valence-corrected chi connectivity index (χ3v) is 1.58. The lowest BCUT2D eigenvalue weighted by atomic mass is 10.4. The summed E-state index contributed by atoms with van der Waals surface area (Å²) in [4.78, 5) is 16.2. The first-order chi connectivity index (χ1) is 6.75. The second-order valence-corrected chi connectivity index (χ2v) is 2.70. The van der Waals surface area contributed by atoms with Gasteiger partial charge in [0.15, 0.2) is 0 Å². The van der Waals surface area contributed by atoms with Crippen LogP contribution in [0.3, 0.4) is 0 Å². The van der Waals surface area contributed by atoms with Gasteiger partial charge < -0.3 is 4.42 Å². The fraction of sp³-hybridized carbons (Fsp3) is 0.250. The Morgan fingerprint density at radius 3 is 3.14 bits per heavy atom. The third kappa shape index (κ3) is 1.68. The van der Waals surface area contributed by atoms with E-state index < -0.39 is 0 Å². The maximum absolute atomic E-state index is 10.9. The Morgan fingerprint density at radius 2 is 2.57 bits per heavy atom. The van der Waals surface area contributed by atoms with Crippen molar-refractivity contribution in [1.82, 2.24) is 20.0 Å². The lowest BCUT2D eigenvalue weighted by Gasteiger charge is -1.92. The number of hydrogen-bond acceptors (Lipinski definition) is 5. The Morgan fingerprint density at radius 1 is 1.71 bits per heavy atom. The fourth-order valence-corrected chi connectivity index (χ4v) is 0.973. The van der Waals surface area contributed by atoms with Crippen LogP contribution in [0.2, 0.25) is 0 Å². The van der Waals surface area contributed by atoms with Crippen molar-refractivity contribution in [3.63, 3.8) is 0 Å². The van der Waals surface area contributed by atoms with Crippen LogP contribution in [0.1, 0.15) is 23.3 Å². The van der Waals surface area contributed by atoms with Crippen LogP contribution in [0, 0.1) is 6.20 Å². The van der Waals surface area contributed by atoms with Crippen LogP contribution in [0.25, 0.3) is 0 Å². The quantitative estimate of drug-likeness (QED) is 0.653. The molecule has 0 saturated heterocycles. The monoisotopic (exact) mass is 191 g/mol. The van der Waals surface area contributed by atoms with Gasteiger partial charge in [-0.3, -0.25) is 4.79 Å². The number of Topliss-reactive ketones (excluding diaryl/α,β-unsaturated/α-hetero) is 1. The topological polar surface area (TPSA) is 73.8 Å². The lowest BCUT2D eigenvalue weighted by molar-refractivity contribution is 0.0980. The molecule has 0 fully saturated rings. The van der Waals surface area contributed by atoms with Crippen molar-refractivity contribution in [3.8, 4) is 0 Å². The predicted molar refractivity (Wildman–Crippen MR) is 44.5 cm³/mol. The van der Waals surface area contributed by atoms with Gasteiger partial charge in [0.05, 0.1) is 6.20 Å². The van der Waals surface area contributed by atoms with E-state index in [0.29, 0.717) is 12.2 Å².